The normalized spacial score (nSPS) is 14.7. The first-order chi connectivity index (χ1) is 14.0. The highest BCUT2D eigenvalue weighted by molar-refractivity contribution is 5.62. The number of nitrogens with zero attached hydrogens (tertiary/aromatic N) is 4. The molecule has 2 aromatic carbocycles. The van der Waals surface area contributed by atoms with E-state index >= 15 is 0 Å². The molecule has 6 nitrogen and oxygen atoms in total. The molecule has 0 radical (unpaired) electrons. The van der Waals surface area contributed by atoms with Gasteiger partial charge in [0.15, 0.2) is 0 Å². The lowest BCUT2D eigenvalue weighted by atomic mass is 10.2. The number of piperazine rings is 1. The lowest BCUT2D eigenvalue weighted by Gasteiger charge is -2.34. The Labute approximate surface area is 172 Å². The van der Waals surface area contributed by atoms with Gasteiger partial charge >= 0.3 is 0 Å². The molecule has 0 spiro atoms. The molecule has 2 heterocycles. The van der Waals surface area contributed by atoms with Crippen LogP contribution in [0.25, 0.3) is 0 Å². The maximum atomic E-state index is 4.62. The van der Waals surface area contributed by atoms with Crippen molar-refractivity contribution in [2.75, 3.05) is 48.8 Å². The second-order valence-electron chi connectivity index (χ2n) is 7.67. The Hall–Kier alpha value is -3.12. The van der Waals surface area contributed by atoms with Crippen LogP contribution in [0.3, 0.4) is 0 Å². The molecule has 1 aliphatic rings. The van der Waals surface area contributed by atoms with Gasteiger partial charge in [0, 0.05) is 55.0 Å². The summed E-state index contributed by atoms with van der Waals surface area (Å²) in [7, 11) is 2.17. The molecule has 3 aromatic rings. The predicted octanol–water partition coefficient (Wildman–Crippen LogP) is 4.33. The first kappa shape index (κ1) is 19.2. The number of anilines is 5. The first-order valence-corrected chi connectivity index (χ1v) is 10.1. The Morgan fingerprint density at radius 2 is 1.38 bits per heavy atom. The summed E-state index contributed by atoms with van der Waals surface area (Å²) in [6.07, 6.45) is 0. The number of rotatable bonds is 5. The average molecular weight is 389 g/mol. The van der Waals surface area contributed by atoms with Crippen LogP contribution in [0.1, 0.15) is 11.3 Å². The molecule has 2 N–H and O–H groups in total. The van der Waals surface area contributed by atoms with E-state index in [9.17, 15) is 0 Å². The van der Waals surface area contributed by atoms with Crippen LogP contribution in [0.4, 0.5) is 28.8 Å². The van der Waals surface area contributed by atoms with E-state index in [1.807, 2.05) is 13.0 Å². The lowest BCUT2D eigenvalue weighted by Crippen LogP contribution is -2.44. The van der Waals surface area contributed by atoms with Gasteiger partial charge in [-0.25, -0.2) is 4.98 Å². The maximum absolute atomic E-state index is 4.62. The summed E-state index contributed by atoms with van der Waals surface area (Å²) in [5, 5.41) is 6.68. The third kappa shape index (κ3) is 5.03. The lowest BCUT2D eigenvalue weighted by molar-refractivity contribution is 0.313. The van der Waals surface area contributed by atoms with Gasteiger partial charge < -0.3 is 20.4 Å². The summed E-state index contributed by atoms with van der Waals surface area (Å²) in [5.41, 5.74) is 5.39. The van der Waals surface area contributed by atoms with E-state index in [1.165, 1.54) is 11.3 Å². The maximum Gasteiger partial charge on any atom is 0.229 e. The monoisotopic (exact) mass is 388 g/mol. The highest BCUT2D eigenvalue weighted by atomic mass is 15.2. The SMILES string of the molecule is Cc1ccc(Nc2cc(C)nc(Nc3ccc(N4CCN(C)CC4)cc3)n2)cc1. The second kappa shape index (κ2) is 8.49. The van der Waals surface area contributed by atoms with Crippen molar-refractivity contribution < 1.29 is 0 Å². The van der Waals surface area contributed by atoms with Crippen LogP contribution in [-0.2, 0) is 0 Å². The van der Waals surface area contributed by atoms with E-state index < -0.39 is 0 Å². The number of benzene rings is 2. The molecule has 0 amide bonds. The fraction of sp³-hybridized carbons (Fsp3) is 0.304. The number of nitrogens with one attached hydrogen (secondary N) is 2. The van der Waals surface area contributed by atoms with Crippen LogP contribution in [0.5, 0.6) is 0 Å². The zero-order valence-corrected chi connectivity index (χ0v) is 17.3. The van der Waals surface area contributed by atoms with Crippen LogP contribution in [0.2, 0.25) is 0 Å². The van der Waals surface area contributed by atoms with Crippen LogP contribution in [0.15, 0.2) is 54.6 Å². The van der Waals surface area contributed by atoms with E-state index in [1.54, 1.807) is 0 Å². The van der Waals surface area contributed by atoms with Gasteiger partial charge in [0.05, 0.1) is 0 Å². The minimum absolute atomic E-state index is 0.590. The van der Waals surface area contributed by atoms with Gasteiger partial charge in [-0.05, 0) is 57.3 Å². The molecule has 1 saturated heterocycles. The fourth-order valence-electron chi connectivity index (χ4n) is 3.42. The van der Waals surface area contributed by atoms with Crippen LogP contribution in [-0.4, -0.2) is 48.1 Å². The van der Waals surface area contributed by atoms with Gasteiger partial charge in [-0.2, -0.15) is 4.98 Å². The molecule has 4 rings (SSSR count). The van der Waals surface area contributed by atoms with E-state index in [-0.39, 0.29) is 0 Å². The van der Waals surface area contributed by atoms with Gasteiger partial charge in [-0.15, -0.1) is 0 Å². The molecule has 29 heavy (non-hydrogen) atoms. The first-order valence-electron chi connectivity index (χ1n) is 10.1. The van der Waals surface area contributed by atoms with Crippen LogP contribution in [0, 0.1) is 13.8 Å². The number of hydrogen-bond acceptors (Lipinski definition) is 6. The summed E-state index contributed by atoms with van der Waals surface area (Å²) in [5.74, 6) is 1.37. The topological polar surface area (TPSA) is 56.3 Å². The van der Waals surface area contributed by atoms with Crippen molar-refractivity contribution in [3.63, 3.8) is 0 Å². The Kier molecular flexibility index (Phi) is 5.62. The number of likely N-dealkylation sites (N-methyl/N-ethyl adjacent to an activating group) is 1. The van der Waals surface area contributed by atoms with Crippen molar-refractivity contribution in [1.29, 1.82) is 0 Å². The average Bonchev–Trinajstić information content (AvgIpc) is 2.71. The summed E-state index contributed by atoms with van der Waals surface area (Å²) in [6.45, 7) is 8.40. The fourth-order valence-corrected chi connectivity index (χ4v) is 3.42. The van der Waals surface area contributed by atoms with Crippen molar-refractivity contribution in [2.45, 2.75) is 13.8 Å². The van der Waals surface area contributed by atoms with Gasteiger partial charge in [0.2, 0.25) is 5.95 Å². The largest absolute Gasteiger partial charge is 0.369 e. The zero-order valence-electron chi connectivity index (χ0n) is 17.3. The highest BCUT2D eigenvalue weighted by Gasteiger charge is 2.14. The molecule has 1 aliphatic heterocycles. The van der Waals surface area contributed by atoms with Crippen molar-refractivity contribution in [3.05, 3.63) is 65.9 Å². The van der Waals surface area contributed by atoms with E-state index in [0.717, 1.165) is 49.1 Å². The molecular weight excluding hydrogens is 360 g/mol. The van der Waals surface area contributed by atoms with Crippen molar-refractivity contribution in [2.24, 2.45) is 0 Å². The quantitative estimate of drug-likeness (QED) is 0.678. The Bertz CT molecular complexity index is 944. The third-order valence-corrected chi connectivity index (χ3v) is 5.17. The van der Waals surface area contributed by atoms with Crippen LogP contribution >= 0.6 is 0 Å². The molecule has 6 heteroatoms. The van der Waals surface area contributed by atoms with E-state index in [2.05, 4.69) is 92.9 Å². The minimum atomic E-state index is 0.590. The molecule has 1 fully saturated rings. The summed E-state index contributed by atoms with van der Waals surface area (Å²) in [4.78, 5) is 13.9. The smallest absolute Gasteiger partial charge is 0.229 e. The molecule has 0 unspecified atom stereocenters. The molecular formula is C23H28N6. The molecule has 0 aliphatic carbocycles. The molecule has 150 valence electrons. The van der Waals surface area contributed by atoms with Gasteiger partial charge in [-0.1, -0.05) is 17.7 Å². The highest BCUT2D eigenvalue weighted by Crippen LogP contribution is 2.22. The molecule has 0 saturated carbocycles. The van der Waals surface area contributed by atoms with Gasteiger partial charge in [-0.3, -0.25) is 0 Å². The van der Waals surface area contributed by atoms with Crippen molar-refractivity contribution >= 4 is 28.8 Å². The standard InChI is InChI=1S/C23H28N6/c1-17-4-6-19(7-5-17)25-22-16-18(2)24-23(27-22)26-20-8-10-21(11-9-20)29-14-12-28(3)13-15-29/h4-11,16H,12-15H2,1-3H3,(H2,24,25,26,27). The summed E-state index contributed by atoms with van der Waals surface area (Å²) < 4.78 is 0. The zero-order chi connectivity index (χ0) is 20.2. The molecule has 1 aromatic heterocycles. The Morgan fingerprint density at radius 3 is 2.07 bits per heavy atom. The van der Waals surface area contributed by atoms with Crippen molar-refractivity contribution in [3.8, 4) is 0 Å². The Morgan fingerprint density at radius 1 is 0.759 bits per heavy atom. The summed E-state index contributed by atoms with van der Waals surface area (Å²) in [6, 6.07) is 18.7. The van der Waals surface area contributed by atoms with Crippen LogP contribution < -0.4 is 15.5 Å². The number of aryl methyl sites for hydroxylation is 2. The summed E-state index contributed by atoms with van der Waals surface area (Å²) >= 11 is 0. The van der Waals surface area contributed by atoms with Crippen molar-refractivity contribution in [1.82, 2.24) is 14.9 Å². The van der Waals surface area contributed by atoms with Gasteiger partial charge in [0.1, 0.15) is 5.82 Å². The van der Waals surface area contributed by atoms with E-state index in [4.69, 9.17) is 0 Å². The number of aromatic nitrogens is 2. The second-order valence-corrected chi connectivity index (χ2v) is 7.67. The molecule has 0 bridgehead atoms. The molecule has 0 atom stereocenters. The van der Waals surface area contributed by atoms with Gasteiger partial charge in [0.25, 0.3) is 0 Å². The Balaban J connectivity index is 1.44. The predicted molar refractivity (Wildman–Crippen MR) is 121 cm³/mol. The number of hydrogen-bond donors (Lipinski definition) is 2. The van der Waals surface area contributed by atoms with E-state index in [0.29, 0.717) is 5.95 Å². The minimum Gasteiger partial charge on any atom is -0.369 e. The third-order valence-electron chi connectivity index (χ3n) is 5.17.